The molecule has 0 N–H and O–H groups in total. The highest BCUT2D eigenvalue weighted by Crippen LogP contribution is 2.13. The van der Waals surface area contributed by atoms with E-state index in [1.807, 2.05) is 18.3 Å². The molecular formula is C10H13N. The molecule has 1 rings (SSSR count). The van der Waals surface area contributed by atoms with Gasteiger partial charge in [0.05, 0.1) is 0 Å². The monoisotopic (exact) mass is 147 g/mol. The fourth-order valence-corrected chi connectivity index (χ4v) is 0.929. The molecule has 58 valence electrons. The van der Waals surface area contributed by atoms with Crippen LogP contribution in [0.2, 0.25) is 0 Å². The second-order valence-electron chi connectivity index (χ2n) is 2.78. The van der Waals surface area contributed by atoms with Gasteiger partial charge in [0.2, 0.25) is 0 Å². The number of rotatable bonds is 2. The Morgan fingerprint density at radius 1 is 1.64 bits per heavy atom. The molecule has 1 heterocycles. The number of pyridine rings is 1. The highest BCUT2D eigenvalue weighted by atomic mass is 14.7. The van der Waals surface area contributed by atoms with E-state index in [-0.39, 0.29) is 0 Å². The van der Waals surface area contributed by atoms with Crippen LogP contribution < -0.4 is 0 Å². The van der Waals surface area contributed by atoms with Gasteiger partial charge >= 0.3 is 0 Å². The van der Waals surface area contributed by atoms with Crippen molar-refractivity contribution in [3.63, 3.8) is 0 Å². The van der Waals surface area contributed by atoms with Gasteiger partial charge in [0.15, 0.2) is 0 Å². The zero-order valence-corrected chi connectivity index (χ0v) is 7.04. The first-order valence-corrected chi connectivity index (χ1v) is 3.79. The molecule has 0 aromatic carbocycles. The summed E-state index contributed by atoms with van der Waals surface area (Å²) in [6, 6.07) is 4.09. The molecule has 0 radical (unpaired) electrons. The normalized spacial score (nSPS) is 12.5. The fourth-order valence-electron chi connectivity index (χ4n) is 0.929. The van der Waals surface area contributed by atoms with Crippen molar-refractivity contribution in [1.29, 1.82) is 0 Å². The topological polar surface area (TPSA) is 12.9 Å². The Hall–Kier alpha value is -1.11. The minimum atomic E-state index is 0.356. The van der Waals surface area contributed by atoms with E-state index in [1.54, 1.807) is 0 Å². The minimum absolute atomic E-state index is 0.356. The summed E-state index contributed by atoms with van der Waals surface area (Å²) in [6.07, 6.45) is 3.74. The van der Waals surface area contributed by atoms with Gasteiger partial charge in [-0.1, -0.05) is 13.0 Å². The van der Waals surface area contributed by atoms with Crippen LogP contribution in [0.3, 0.4) is 0 Å². The molecule has 0 bridgehead atoms. The van der Waals surface area contributed by atoms with Crippen LogP contribution in [0.25, 0.3) is 0 Å². The molecular weight excluding hydrogens is 134 g/mol. The Bertz CT molecular complexity index is 253. The molecule has 0 saturated carbocycles. The highest BCUT2D eigenvalue weighted by molar-refractivity contribution is 5.19. The Balaban J connectivity index is 2.95. The van der Waals surface area contributed by atoms with E-state index >= 15 is 0 Å². The van der Waals surface area contributed by atoms with Gasteiger partial charge < -0.3 is 0 Å². The minimum Gasteiger partial charge on any atom is -0.261 e. The van der Waals surface area contributed by atoms with E-state index in [2.05, 4.69) is 31.5 Å². The smallest absolute Gasteiger partial charge is 0.0471 e. The lowest BCUT2D eigenvalue weighted by molar-refractivity contribution is 0.905. The molecule has 1 aromatic heterocycles. The number of nitrogens with zero attached hydrogens (tertiary/aromatic N) is 1. The van der Waals surface area contributed by atoms with Crippen LogP contribution in [0.15, 0.2) is 31.0 Å². The summed E-state index contributed by atoms with van der Waals surface area (Å²) < 4.78 is 0. The SMILES string of the molecule is C=C[C@H](C)c1cc(C)ccn1. The van der Waals surface area contributed by atoms with Crippen molar-refractivity contribution in [2.24, 2.45) is 0 Å². The lowest BCUT2D eigenvalue weighted by Crippen LogP contribution is -1.92. The predicted molar refractivity (Wildman–Crippen MR) is 47.6 cm³/mol. The number of hydrogen-bond acceptors (Lipinski definition) is 1. The fraction of sp³-hybridized carbons (Fsp3) is 0.300. The van der Waals surface area contributed by atoms with Gasteiger partial charge in [0.25, 0.3) is 0 Å². The Labute approximate surface area is 67.8 Å². The summed E-state index contributed by atoms with van der Waals surface area (Å²) in [5, 5.41) is 0. The van der Waals surface area contributed by atoms with E-state index in [0.717, 1.165) is 5.69 Å². The molecule has 0 saturated heterocycles. The van der Waals surface area contributed by atoms with Crippen molar-refractivity contribution in [1.82, 2.24) is 4.98 Å². The molecule has 1 heteroatoms. The number of aryl methyl sites for hydroxylation is 1. The van der Waals surface area contributed by atoms with Gasteiger partial charge in [-0.15, -0.1) is 6.58 Å². The van der Waals surface area contributed by atoms with E-state index in [4.69, 9.17) is 0 Å². The molecule has 0 spiro atoms. The summed E-state index contributed by atoms with van der Waals surface area (Å²) >= 11 is 0. The van der Waals surface area contributed by atoms with Crippen LogP contribution in [0.5, 0.6) is 0 Å². The number of aromatic nitrogens is 1. The molecule has 0 fully saturated rings. The van der Waals surface area contributed by atoms with Crippen LogP contribution in [-0.2, 0) is 0 Å². The van der Waals surface area contributed by atoms with Gasteiger partial charge in [-0.05, 0) is 24.6 Å². The number of hydrogen-bond donors (Lipinski definition) is 0. The summed E-state index contributed by atoms with van der Waals surface area (Å²) in [6.45, 7) is 7.89. The molecule has 1 nitrogen and oxygen atoms in total. The molecule has 1 aromatic rings. The van der Waals surface area contributed by atoms with E-state index in [0.29, 0.717) is 5.92 Å². The van der Waals surface area contributed by atoms with Gasteiger partial charge in [0, 0.05) is 17.8 Å². The third kappa shape index (κ3) is 1.90. The van der Waals surface area contributed by atoms with E-state index in [9.17, 15) is 0 Å². The standard InChI is InChI=1S/C10H13N/c1-4-9(3)10-7-8(2)5-6-11-10/h4-7,9H,1H2,2-3H3/t9-/m0/s1. The van der Waals surface area contributed by atoms with Gasteiger partial charge in [0.1, 0.15) is 0 Å². The maximum Gasteiger partial charge on any atom is 0.0471 e. The summed E-state index contributed by atoms with van der Waals surface area (Å²) in [7, 11) is 0. The Morgan fingerprint density at radius 3 is 2.91 bits per heavy atom. The largest absolute Gasteiger partial charge is 0.261 e. The van der Waals surface area contributed by atoms with E-state index < -0.39 is 0 Å². The molecule has 0 amide bonds. The Morgan fingerprint density at radius 2 is 2.36 bits per heavy atom. The summed E-state index contributed by atoms with van der Waals surface area (Å²) in [5.41, 5.74) is 2.35. The third-order valence-electron chi connectivity index (χ3n) is 1.76. The van der Waals surface area contributed by atoms with Crippen LogP contribution in [-0.4, -0.2) is 4.98 Å². The molecule has 0 aliphatic heterocycles. The predicted octanol–water partition coefficient (Wildman–Crippen LogP) is 2.68. The molecule has 1 atom stereocenters. The van der Waals surface area contributed by atoms with E-state index in [1.165, 1.54) is 5.56 Å². The summed E-state index contributed by atoms with van der Waals surface area (Å²) in [5.74, 6) is 0.356. The maximum absolute atomic E-state index is 4.24. The first-order chi connectivity index (χ1) is 5.24. The first-order valence-electron chi connectivity index (χ1n) is 3.79. The molecule has 11 heavy (non-hydrogen) atoms. The third-order valence-corrected chi connectivity index (χ3v) is 1.76. The van der Waals surface area contributed by atoms with Gasteiger partial charge in [-0.25, -0.2) is 0 Å². The first kappa shape index (κ1) is 7.99. The van der Waals surface area contributed by atoms with Crippen molar-refractivity contribution in [3.8, 4) is 0 Å². The second kappa shape index (κ2) is 3.33. The Kier molecular flexibility index (Phi) is 2.42. The van der Waals surface area contributed by atoms with Gasteiger partial charge in [-0.3, -0.25) is 4.98 Å². The van der Waals surface area contributed by atoms with Crippen LogP contribution >= 0.6 is 0 Å². The zero-order chi connectivity index (χ0) is 8.27. The van der Waals surface area contributed by atoms with Crippen LogP contribution in [0, 0.1) is 6.92 Å². The van der Waals surface area contributed by atoms with Crippen LogP contribution in [0.4, 0.5) is 0 Å². The van der Waals surface area contributed by atoms with Crippen molar-refractivity contribution >= 4 is 0 Å². The van der Waals surface area contributed by atoms with Crippen molar-refractivity contribution in [2.75, 3.05) is 0 Å². The summed E-state index contributed by atoms with van der Waals surface area (Å²) in [4.78, 5) is 4.24. The lowest BCUT2D eigenvalue weighted by atomic mass is 10.1. The quantitative estimate of drug-likeness (QED) is 0.586. The average Bonchev–Trinajstić information content (AvgIpc) is 2.03. The molecule has 0 aliphatic rings. The van der Waals surface area contributed by atoms with Crippen molar-refractivity contribution in [3.05, 3.63) is 42.2 Å². The second-order valence-corrected chi connectivity index (χ2v) is 2.78. The maximum atomic E-state index is 4.24. The average molecular weight is 147 g/mol. The molecule has 0 aliphatic carbocycles. The van der Waals surface area contributed by atoms with Crippen LogP contribution in [0.1, 0.15) is 24.1 Å². The van der Waals surface area contributed by atoms with Gasteiger partial charge in [-0.2, -0.15) is 0 Å². The molecule has 0 unspecified atom stereocenters. The van der Waals surface area contributed by atoms with Crippen molar-refractivity contribution < 1.29 is 0 Å². The number of allylic oxidation sites excluding steroid dienone is 1. The zero-order valence-electron chi connectivity index (χ0n) is 7.04. The lowest BCUT2D eigenvalue weighted by Gasteiger charge is -2.04. The highest BCUT2D eigenvalue weighted by Gasteiger charge is 2.00. The van der Waals surface area contributed by atoms with Crippen molar-refractivity contribution in [2.45, 2.75) is 19.8 Å².